The Morgan fingerprint density at radius 3 is 2.52 bits per heavy atom. The van der Waals surface area contributed by atoms with E-state index in [1.165, 1.54) is 0 Å². The molecule has 4 fully saturated rings. The van der Waals surface area contributed by atoms with Gasteiger partial charge in [-0.25, -0.2) is 4.79 Å². The minimum absolute atomic E-state index is 0.0209. The van der Waals surface area contributed by atoms with Crippen molar-refractivity contribution in [2.24, 2.45) is 28.6 Å². The van der Waals surface area contributed by atoms with Gasteiger partial charge in [-0.1, -0.05) is 6.92 Å². The molecule has 5 rings (SSSR count). The highest BCUT2D eigenvalue weighted by Gasteiger charge is 2.71. The summed E-state index contributed by atoms with van der Waals surface area (Å²) in [5.74, 6) is -0.0760. The summed E-state index contributed by atoms with van der Waals surface area (Å²) in [6.45, 7) is 2.41. The van der Waals surface area contributed by atoms with Crippen LogP contribution in [0.3, 0.4) is 0 Å². The molecular weight excluding hydrogens is 372 g/mol. The minimum Gasteiger partial charge on any atom is -0.458 e. The maximum absolute atomic E-state index is 12.1. The maximum atomic E-state index is 12.1. The van der Waals surface area contributed by atoms with Gasteiger partial charge in [-0.2, -0.15) is 0 Å². The molecule has 1 heterocycles. The summed E-state index contributed by atoms with van der Waals surface area (Å²) >= 11 is 0. The van der Waals surface area contributed by atoms with Crippen molar-refractivity contribution in [3.63, 3.8) is 0 Å². The Hall–Kier alpha value is -0.950. The second-order valence-corrected chi connectivity index (χ2v) is 10.8. The number of ether oxygens (including phenoxy) is 1. The van der Waals surface area contributed by atoms with Gasteiger partial charge in [0.15, 0.2) is 0 Å². The molecule has 6 heteroatoms. The van der Waals surface area contributed by atoms with Crippen LogP contribution in [-0.4, -0.2) is 56.9 Å². The van der Waals surface area contributed by atoms with Crippen molar-refractivity contribution in [1.82, 2.24) is 0 Å². The van der Waals surface area contributed by atoms with E-state index in [1.807, 2.05) is 0 Å². The minimum atomic E-state index is -1.06. The van der Waals surface area contributed by atoms with Crippen molar-refractivity contribution in [1.29, 1.82) is 0 Å². The van der Waals surface area contributed by atoms with Gasteiger partial charge < -0.3 is 25.2 Å². The highest BCUT2D eigenvalue weighted by atomic mass is 16.5. The molecule has 1 aliphatic heterocycles. The molecule has 29 heavy (non-hydrogen) atoms. The van der Waals surface area contributed by atoms with Crippen molar-refractivity contribution in [2.45, 2.75) is 82.0 Å². The predicted octanol–water partition coefficient (Wildman–Crippen LogP) is 1.69. The number of carbonyl (C=O) groups is 1. The van der Waals surface area contributed by atoms with Crippen LogP contribution in [0, 0.1) is 28.6 Å². The molecule has 0 spiro atoms. The van der Waals surface area contributed by atoms with E-state index in [0.717, 1.165) is 24.8 Å². The number of carbonyl (C=O) groups excluding carboxylic acids is 1. The van der Waals surface area contributed by atoms with Gasteiger partial charge in [0, 0.05) is 23.3 Å². The second kappa shape index (κ2) is 6.28. The van der Waals surface area contributed by atoms with Crippen LogP contribution in [0.15, 0.2) is 11.6 Å². The molecule has 4 N–H and O–H groups in total. The van der Waals surface area contributed by atoms with E-state index >= 15 is 0 Å². The third kappa shape index (κ3) is 2.40. The topological polar surface area (TPSA) is 107 Å². The molecule has 0 bridgehead atoms. The Labute approximate surface area is 172 Å². The molecule has 0 radical (unpaired) electrons. The van der Waals surface area contributed by atoms with Crippen LogP contribution >= 0.6 is 0 Å². The highest BCUT2D eigenvalue weighted by Crippen LogP contribution is 2.70. The van der Waals surface area contributed by atoms with Crippen LogP contribution in [-0.2, 0) is 9.53 Å². The molecule has 0 saturated heterocycles. The fraction of sp³-hybridized carbons (Fsp3) is 0.870. The smallest absolute Gasteiger partial charge is 0.331 e. The van der Waals surface area contributed by atoms with Gasteiger partial charge in [0.2, 0.25) is 0 Å². The van der Waals surface area contributed by atoms with Gasteiger partial charge in [-0.15, -0.1) is 0 Å². The lowest BCUT2D eigenvalue weighted by molar-refractivity contribution is -0.269. The zero-order valence-electron chi connectivity index (χ0n) is 17.3. The van der Waals surface area contributed by atoms with Gasteiger partial charge >= 0.3 is 5.97 Å². The Balaban J connectivity index is 1.51. The summed E-state index contributed by atoms with van der Waals surface area (Å²) in [7, 11) is 0. The fourth-order valence-electron chi connectivity index (χ4n) is 8.52. The number of hydrogen-bond acceptors (Lipinski definition) is 6. The second-order valence-electron chi connectivity index (χ2n) is 10.8. The summed E-state index contributed by atoms with van der Waals surface area (Å²) < 4.78 is 5.17. The first kappa shape index (κ1) is 20.0. The first-order chi connectivity index (χ1) is 13.7. The highest BCUT2D eigenvalue weighted by molar-refractivity contribution is 5.85. The Bertz CT molecular complexity index is 750. The molecule has 0 amide bonds. The third-order valence-electron chi connectivity index (χ3n) is 10.1. The van der Waals surface area contributed by atoms with Gasteiger partial charge in [-0.05, 0) is 74.7 Å². The SMILES string of the molecule is C[C@@]12CC[C@@H]3[C@H](CC[C@@]4(O)C[C@H](O)CC[C@@]34CO)[C@]1(O)CC[C@H]2C1=CC(=O)OC1. The summed E-state index contributed by atoms with van der Waals surface area (Å²) in [6, 6.07) is 0. The molecule has 8 atom stereocenters. The third-order valence-corrected chi connectivity index (χ3v) is 10.1. The van der Waals surface area contributed by atoms with E-state index < -0.39 is 22.7 Å². The molecule has 4 saturated carbocycles. The van der Waals surface area contributed by atoms with Crippen LogP contribution in [0.1, 0.15) is 64.7 Å². The zero-order valence-corrected chi connectivity index (χ0v) is 17.3. The molecule has 4 aliphatic carbocycles. The fourth-order valence-corrected chi connectivity index (χ4v) is 8.52. The Kier molecular flexibility index (Phi) is 4.33. The van der Waals surface area contributed by atoms with Gasteiger partial charge in [0.25, 0.3) is 0 Å². The van der Waals surface area contributed by atoms with E-state index in [4.69, 9.17) is 4.74 Å². The molecule has 0 unspecified atom stereocenters. The molecule has 0 aromatic carbocycles. The lowest BCUT2D eigenvalue weighted by Crippen LogP contribution is -2.69. The van der Waals surface area contributed by atoms with Crippen molar-refractivity contribution < 1.29 is 30.0 Å². The number of aliphatic hydroxyl groups is 4. The van der Waals surface area contributed by atoms with Crippen LogP contribution in [0.5, 0.6) is 0 Å². The average Bonchev–Trinajstić information content (AvgIpc) is 3.21. The summed E-state index contributed by atoms with van der Waals surface area (Å²) in [6.07, 6.45) is 7.02. The van der Waals surface area contributed by atoms with E-state index in [2.05, 4.69) is 6.92 Å². The monoisotopic (exact) mass is 406 g/mol. The Morgan fingerprint density at radius 2 is 1.83 bits per heavy atom. The van der Waals surface area contributed by atoms with Crippen LogP contribution in [0.25, 0.3) is 0 Å². The molecule has 0 aromatic rings. The van der Waals surface area contributed by atoms with Crippen LogP contribution in [0.2, 0.25) is 0 Å². The molecule has 0 aromatic heterocycles. The standard InChI is InChI=1S/C23H34O6/c1-20-6-3-17-18(4-8-22(27)11-15(25)2-7-21(17,22)13-24)23(20,28)9-5-16(20)14-10-19(26)29-12-14/h10,15-18,24-25,27-28H,2-9,11-13H2,1H3/t15-,16+,17-,18+,20+,21-,22-,23-/m1/s1. The maximum Gasteiger partial charge on any atom is 0.331 e. The first-order valence-corrected chi connectivity index (χ1v) is 11.3. The number of rotatable bonds is 2. The zero-order chi connectivity index (χ0) is 20.7. The van der Waals surface area contributed by atoms with Crippen molar-refractivity contribution >= 4 is 5.97 Å². The molecule has 5 aliphatic rings. The largest absolute Gasteiger partial charge is 0.458 e. The lowest BCUT2D eigenvalue weighted by Gasteiger charge is -2.66. The van der Waals surface area contributed by atoms with Crippen molar-refractivity contribution in [2.75, 3.05) is 13.2 Å². The average molecular weight is 407 g/mol. The molecule has 6 nitrogen and oxygen atoms in total. The number of aliphatic hydroxyl groups excluding tert-OH is 2. The Morgan fingerprint density at radius 1 is 1.07 bits per heavy atom. The number of fused-ring (bicyclic) bond motifs is 5. The van der Waals surface area contributed by atoms with Gasteiger partial charge in [-0.3, -0.25) is 0 Å². The van der Waals surface area contributed by atoms with Crippen molar-refractivity contribution in [3.05, 3.63) is 11.6 Å². The predicted molar refractivity (Wildman–Crippen MR) is 105 cm³/mol. The van der Waals surface area contributed by atoms with E-state index in [-0.39, 0.29) is 35.7 Å². The number of esters is 1. The van der Waals surface area contributed by atoms with E-state index in [1.54, 1.807) is 6.08 Å². The summed E-state index contributed by atoms with van der Waals surface area (Å²) in [5, 5.41) is 44.4. The van der Waals surface area contributed by atoms with E-state index in [0.29, 0.717) is 45.1 Å². The summed E-state index contributed by atoms with van der Waals surface area (Å²) in [4.78, 5) is 11.6. The normalized spacial score (nSPS) is 54.2. The number of cyclic esters (lactones) is 1. The van der Waals surface area contributed by atoms with Crippen LogP contribution in [0.4, 0.5) is 0 Å². The van der Waals surface area contributed by atoms with Crippen LogP contribution < -0.4 is 0 Å². The van der Waals surface area contributed by atoms with Gasteiger partial charge in [0.05, 0.1) is 23.9 Å². The number of hydrogen-bond donors (Lipinski definition) is 4. The van der Waals surface area contributed by atoms with Crippen molar-refractivity contribution in [3.8, 4) is 0 Å². The van der Waals surface area contributed by atoms with Gasteiger partial charge in [0.1, 0.15) is 6.61 Å². The molecular formula is C23H34O6. The first-order valence-electron chi connectivity index (χ1n) is 11.3. The lowest BCUT2D eigenvalue weighted by atomic mass is 9.41. The summed E-state index contributed by atoms with van der Waals surface area (Å²) in [5.41, 5.74) is -1.88. The van der Waals surface area contributed by atoms with E-state index in [9.17, 15) is 25.2 Å². The molecule has 162 valence electrons. The quantitative estimate of drug-likeness (QED) is 0.520.